The number of pyridine rings is 2. The Morgan fingerprint density at radius 1 is 1.11 bits per heavy atom. The van der Waals surface area contributed by atoms with Gasteiger partial charge < -0.3 is 30.9 Å². The molecule has 0 aliphatic heterocycles. The SMILES string of the molecule is CC(C)CCNc1ccc(Cl)nc1N.CC(C)CCn1c(CO)nc2cc(Cl)cnc21.O=C(O)CO. The van der Waals surface area contributed by atoms with Gasteiger partial charge in [-0.25, -0.2) is 19.7 Å². The third-order valence-corrected chi connectivity index (χ3v) is 5.18. The maximum Gasteiger partial charge on any atom is 0.329 e. The van der Waals surface area contributed by atoms with Gasteiger partial charge in [0, 0.05) is 19.3 Å². The average molecular weight is 543 g/mol. The lowest BCUT2D eigenvalue weighted by Crippen LogP contribution is -2.07. The minimum absolute atomic E-state index is 0.0773. The number of carboxylic acid groups (broad SMARTS) is 1. The second-order valence-electron chi connectivity index (χ2n) is 8.74. The number of carbonyl (C=O) groups is 1. The Morgan fingerprint density at radius 3 is 2.28 bits per heavy atom. The van der Waals surface area contributed by atoms with Gasteiger partial charge in [-0.15, -0.1) is 0 Å². The molecule has 3 aromatic heterocycles. The summed E-state index contributed by atoms with van der Waals surface area (Å²) >= 11 is 11.6. The minimum atomic E-state index is -1.19. The van der Waals surface area contributed by atoms with E-state index in [4.69, 9.17) is 43.9 Å². The predicted molar refractivity (Wildman–Crippen MR) is 144 cm³/mol. The van der Waals surface area contributed by atoms with E-state index in [1.54, 1.807) is 18.3 Å². The lowest BCUT2D eigenvalue weighted by atomic mass is 10.1. The van der Waals surface area contributed by atoms with Crippen molar-refractivity contribution in [1.29, 1.82) is 0 Å². The van der Waals surface area contributed by atoms with E-state index in [1.807, 2.05) is 10.6 Å². The fourth-order valence-corrected chi connectivity index (χ4v) is 3.18. The first-order valence-electron chi connectivity index (χ1n) is 11.6. The molecular formula is C24H36Cl2N6O4. The maximum atomic E-state index is 9.31. The number of halogens is 2. The molecule has 36 heavy (non-hydrogen) atoms. The summed E-state index contributed by atoms with van der Waals surface area (Å²) in [7, 11) is 0. The van der Waals surface area contributed by atoms with Crippen LogP contribution in [0.3, 0.4) is 0 Å². The summed E-state index contributed by atoms with van der Waals surface area (Å²) in [6.07, 6.45) is 3.75. The first-order chi connectivity index (χ1) is 17.0. The predicted octanol–water partition coefficient (Wildman–Crippen LogP) is 4.46. The topological polar surface area (TPSA) is 159 Å². The van der Waals surface area contributed by atoms with Crippen molar-refractivity contribution >= 4 is 51.8 Å². The van der Waals surface area contributed by atoms with Crippen LogP contribution in [0, 0.1) is 11.8 Å². The van der Waals surface area contributed by atoms with Crippen molar-refractivity contribution in [2.24, 2.45) is 11.8 Å². The second-order valence-corrected chi connectivity index (χ2v) is 9.57. The zero-order chi connectivity index (χ0) is 27.3. The largest absolute Gasteiger partial charge is 0.480 e. The Labute approximate surface area is 221 Å². The van der Waals surface area contributed by atoms with E-state index < -0.39 is 12.6 Å². The Bertz CT molecular complexity index is 1090. The zero-order valence-corrected chi connectivity index (χ0v) is 22.6. The van der Waals surface area contributed by atoms with Crippen molar-refractivity contribution in [2.75, 3.05) is 24.2 Å². The molecule has 10 nitrogen and oxygen atoms in total. The number of nitrogens with zero attached hydrogens (tertiary/aromatic N) is 4. The van der Waals surface area contributed by atoms with E-state index in [1.165, 1.54) is 0 Å². The van der Waals surface area contributed by atoms with Crippen LogP contribution >= 0.6 is 23.2 Å². The fraction of sp³-hybridized carbons (Fsp3) is 0.500. The summed E-state index contributed by atoms with van der Waals surface area (Å²) in [5.41, 5.74) is 8.07. The Kier molecular flexibility index (Phi) is 14.1. The van der Waals surface area contributed by atoms with E-state index >= 15 is 0 Å². The molecule has 0 aliphatic rings. The van der Waals surface area contributed by atoms with Gasteiger partial charge in [-0.2, -0.15) is 0 Å². The van der Waals surface area contributed by atoms with Gasteiger partial charge in [-0.1, -0.05) is 50.9 Å². The number of aliphatic hydroxyl groups is 2. The standard InChI is InChI=1S/C12H16ClN3O.C10H16ClN3.C2H4O3/c1-8(2)3-4-16-11(7-17)15-10-5-9(13)6-14-12(10)16;1-7(2)5-6-13-8-3-4-9(11)14-10(8)12;3-1-2(4)5/h5-6,8,17H,3-4,7H2,1-2H3;3-4,7,13H,5-6H2,1-2H3,(H2,12,14);3H,1H2,(H,4,5). The summed E-state index contributed by atoms with van der Waals surface area (Å²) in [6.45, 7) is 9.58. The Balaban J connectivity index is 0.000000308. The van der Waals surface area contributed by atoms with Gasteiger partial charge in [0.1, 0.15) is 35.5 Å². The monoisotopic (exact) mass is 542 g/mol. The van der Waals surface area contributed by atoms with Gasteiger partial charge in [0.05, 0.1) is 10.7 Å². The lowest BCUT2D eigenvalue weighted by molar-refractivity contribution is -0.140. The van der Waals surface area contributed by atoms with Crippen molar-refractivity contribution in [3.63, 3.8) is 0 Å². The van der Waals surface area contributed by atoms with Gasteiger partial charge in [-0.3, -0.25) is 0 Å². The number of nitrogens with two attached hydrogens (primary N) is 1. The number of imidazole rings is 1. The summed E-state index contributed by atoms with van der Waals surface area (Å²) in [5.74, 6) is 1.21. The first-order valence-corrected chi connectivity index (χ1v) is 12.3. The van der Waals surface area contributed by atoms with E-state index in [9.17, 15) is 5.11 Å². The molecule has 12 heteroatoms. The fourth-order valence-electron chi connectivity index (χ4n) is 2.87. The molecule has 0 spiro atoms. The van der Waals surface area contributed by atoms with Gasteiger partial charge in [0.15, 0.2) is 5.65 Å². The van der Waals surface area contributed by atoms with Crippen LogP contribution in [0.4, 0.5) is 11.5 Å². The number of rotatable bonds is 9. The number of hydrogen-bond donors (Lipinski definition) is 5. The molecular weight excluding hydrogens is 507 g/mol. The minimum Gasteiger partial charge on any atom is -0.480 e. The number of fused-ring (bicyclic) bond motifs is 1. The molecule has 200 valence electrons. The van der Waals surface area contributed by atoms with Crippen LogP contribution in [0.1, 0.15) is 46.4 Å². The van der Waals surface area contributed by atoms with Crippen molar-refractivity contribution in [3.05, 3.63) is 40.4 Å². The molecule has 6 N–H and O–H groups in total. The molecule has 0 unspecified atom stereocenters. The maximum absolute atomic E-state index is 9.31. The molecule has 3 heterocycles. The van der Waals surface area contributed by atoms with Gasteiger partial charge in [-0.05, 0) is 42.9 Å². The Morgan fingerprint density at radius 2 is 1.75 bits per heavy atom. The number of carboxylic acids is 1. The van der Waals surface area contributed by atoms with Crippen LogP contribution in [0.5, 0.6) is 0 Å². The highest BCUT2D eigenvalue weighted by Crippen LogP contribution is 2.20. The normalized spacial score (nSPS) is 10.6. The smallest absolute Gasteiger partial charge is 0.329 e. The van der Waals surface area contributed by atoms with Crippen molar-refractivity contribution < 1.29 is 20.1 Å². The lowest BCUT2D eigenvalue weighted by Gasteiger charge is -2.09. The molecule has 0 amide bonds. The van der Waals surface area contributed by atoms with Crippen LogP contribution in [-0.4, -0.2) is 54.0 Å². The number of aliphatic hydroxyl groups excluding tert-OH is 2. The van der Waals surface area contributed by atoms with Crippen molar-refractivity contribution in [2.45, 2.75) is 53.7 Å². The second kappa shape index (κ2) is 16.2. The first kappa shape index (κ1) is 31.4. The Hall–Kier alpha value is -2.66. The molecule has 0 bridgehead atoms. The summed E-state index contributed by atoms with van der Waals surface area (Å²) < 4.78 is 1.96. The van der Waals surface area contributed by atoms with Crippen LogP contribution in [0.2, 0.25) is 10.2 Å². The molecule has 3 rings (SSSR count). The summed E-state index contributed by atoms with van der Waals surface area (Å²) in [5, 5.41) is 28.5. The zero-order valence-electron chi connectivity index (χ0n) is 21.1. The molecule has 0 fully saturated rings. The molecule has 0 saturated carbocycles. The van der Waals surface area contributed by atoms with E-state index in [-0.39, 0.29) is 6.61 Å². The average Bonchev–Trinajstić information content (AvgIpc) is 3.16. The highest BCUT2D eigenvalue weighted by Gasteiger charge is 2.11. The number of nitrogens with one attached hydrogen (secondary N) is 1. The van der Waals surface area contributed by atoms with E-state index in [0.717, 1.165) is 42.8 Å². The van der Waals surface area contributed by atoms with Gasteiger partial charge in [0.25, 0.3) is 0 Å². The summed E-state index contributed by atoms with van der Waals surface area (Å²) in [4.78, 5) is 21.7. The number of nitrogen functional groups attached to an aromatic ring is 1. The number of aromatic nitrogens is 4. The third kappa shape index (κ3) is 11.4. The number of aryl methyl sites for hydroxylation is 1. The van der Waals surface area contributed by atoms with Gasteiger partial charge >= 0.3 is 5.97 Å². The quantitative estimate of drug-likeness (QED) is 0.246. The van der Waals surface area contributed by atoms with Crippen molar-refractivity contribution in [3.8, 4) is 0 Å². The number of hydrogen-bond acceptors (Lipinski definition) is 8. The number of anilines is 2. The van der Waals surface area contributed by atoms with E-state index in [2.05, 4.69) is 48.0 Å². The highest BCUT2D eigenvalue weighted by molar-refractivity contribution is 6.31. The molecule has 0 saturated heterocycles. The molecule has 0 aliphatic carbocycles. The summed E-state index contributed by atoms with van der Waals surface area (Å²) in [6, 6.07) is 5.36. The molecule has 0 aromatic carbocycles. The van der Waals surface area contributed by atoms with Crippen LogP contribution in [-0.2, 0) is 17.9 Å². The van der Waals surface area contributed by atoms with Crippen molar-refractivity contribution in [1.82, 2.24) is 19.5 Å². The molecule has 0 radical (unpaired) electrons. The van der Waals surface area contributed by atoms with Crippen LogP contribution in [0.15, 0.2) is 24.4 Å². The van der Waals surface area contributed by atoms with E-state index in [0.29, 0.717) is 33.7 Å². The van der Waals surface area contributed by atoms with Gasteiger partial charge in [0.2, 0.25) is 0 Å². The third-order valence-electron chi connectivity index (χ3n) is 4.77. The molecule has 3 aromatic rings. The van der Waals surface area contributed by atoms with Crippen LogP contribution in [0.25, 0.3) is 11.2 Å². The number of aliphatic carboxylic acids is 1. The highest BCUT2D eigenvalue weighted by atomic mass is 35.5. The molecule has 0 atom stereocenters. The van der Waals surface area contributed by atoms with Crippen LogP contribution < -0.4 is 11.1 Å².